The number of hydrogen-bond donors (Lipinski definition) is 1. The fourth-order valence-corrected chi connectivity index (χ4v) is 1.32. The zero-order valence-corrected chi connectivity index (χ0v) is 8.25. The molecule has 0 saturated carbocycles. The van der Waals surface area contributed by atoms with Crippen molar-refractivity contribution in [3.8, 4) is 11.3 Å². The fraction of sp³-hybridized carbons (Fsp3) is 0.100. The van der Waals surface area contributed by atoms with Crippen LogP contribution in [0.5, 0.6) is 0 Å². The molecule has 0 atom stereocenters. The minimum absolute atomic E-state index is 0.107. The molecule has 1 heterocycles. The van der Waals surface area contributed by atoms with Gasteiger partial charge in [0.2, 0.25) is 0 Å². The maximum Gasteiger partial charge on any atom is 0.419 e. The van der Waals surface area contributed by atoms with Gasteiger partial charge in [-0.05, 0) is 12.1 Å². The Labute approximate surface area is 92.9 Å². The molecular formula is C10H6F4N2O. The molecule has 0 saturated heterocycles. The molecule has 2 rings (SSSR count). The van der Waals surface area contributed by atoms with Crippen LogP contribution >= 0.6 is 0 Å². The van der Waals surface area contributed by atoms with Crippen molar-refractivity contribution < 1.29 is 22.0 Å². The molecular weight excluding hydrogens is 240 g/mol. The van der Waals surface area contributed by atoms with E-state index in [1.165, 1.54) is 6.20 Å². The molecule has 0 aliphatic carbocycles. The summed E-state index contributed by atoms with van der Waals surface area (Å²) in [5.41, 5.74) is 4.01. The van der Waals surface area contributed by atoms with Gasteiger partial charge >= 0.3 is 6.18 Å². The van der Waals surface area contributed by atoms with E-state index in [4.69, 9.17) is 10.2 Å². The molecule has 0 aliphatic rings. The first-order valence-corrected chi connectivity index (χ1v) is 4.46. The Morgan fingerprint density at radius 3 is 2.41 bits per heavy atom. The summed E-state index contributed by atoms with van der Waals surface area (Å²) in [5.74, 6) is -1.26. The molecule has 1 aromatic carbocycles. The van der Waals surface area contributed by atoms with E-state index in [1.807, 2.05) is 0 Å². The number of oxazole rings is 1. The lowest BCUT2D eigenvalue weighted by Gasteiger charge is -2.08. The molecule has 0 bridgehead atoms. The Morgan fingerprint density at radius 2 is 1.94 bits per heavy atom. The summed E-state index contributed by atoms with van der Waals surface area (Å²) in [6.45, 7) is 0. The van der Waals surface area contributed by atoms with E-state index in [0.29, 0.717) is 6.07 Å². The van der Waals surface area contributed by atoms with Gasteiger partial charge in [-0.25, -0.2) is 9.37 Å². The number of anilines is 1. The van der Waals surface area contributed by atoms with Gasteiger partial charge in [-0.2, -0.15) is 13.2 Å². The molecule has 0 fully saturated rings. The summed E-state index contributed by atoms with van der Waals surface area (Å²) in [5, 5.41) is 0. The number of nitrogen functional groups attached to an aromatic ring is 1. The highest BCUT2D eigenvalue weighted by molar-refractivity contribution is 5.58. The largest absolute Gasteiger partial charge is 0.424 e. The van der Waals surface area contributed by atoms with Crippen molar-refractivity contribution in [1.29, 1.82) is 0 Å². The Kier molecular flexibility index (Phi) is 2.53. The quantitative estimate of drug-likeness (QED) is 0.786. The van der Waals surface area contributed by atoms with Crippen LogP contribution in [0, 0.1) is 5.82 Å². The van der Waals surface area contributed by atoms with E-state index < -0.39 is 17.6 Å². The average molecular weight is 246 g/mol. The predicted molar refractivity (Wildman–Crippen MR) is 51.3 cm³/mol. The van der Waals surface area contributed by atoms with E-state index in [2.05, 4.69) is 4.98 Å². The number of halogens is 4. The maximum atomic E-state index is 13.2. The van der Waals surface area contributed by atoms with Crippen LogP contribution in [0.4, 0.5) is 23.6 Å². The number of nitrogens with zero attached hydrogens (tertiary/aromatic N) is 1. The van der Waals surface area contributed by atoms with Crippen LogP contribution in [0.1, 0.15) is 5.56 Å². The standard InChI is InChI=1S/C10H6F4N2O/c11-7-3-5(8-4-16-9(15)17-8)1-2-6(7)10(12,13)14/h1-4H,(H2,15,16). The summed E-state index contributed by atoms with van der Waals surface area (Å²) in [6.07, 6.45) is -3.51. The zero-order chi connectivity index (χ0) is 12.6. The van der Waals surface area contributed by atoms with Crippen molar-refractivity contribution in [1.82, 2.24) is 4.98 Å². The van der Waals surface area contributed by atoms with Crippen LogP contribution in [-0.4, -0.2) is 4.98 Å². The number of hydrogen-bond acceptors (Lipinski definition) is 3. The average Bonchev–Trinajstić information content (AvgIpc) is 2.62. The second kappa shape index (κ2) is 3.76. The first-order valence-electron chi connectivity index (χ1n) is 4.46. The third kappa shape index (κ3) is 2.22. The van der Waals surface area contributed by atoms with Gasteiger partial charge in [0.15, 0.2) is 5.76 Å². The molecule has 90 valence electrons. The van der Waals surface area contributed by atoms with E-state index in [9.17, 15) is 17.6 Å². The smallest absolute Gasteiger partial charge is 0.419 e. The van der Waals surface area contributed by atoms with Gasteiger partial charge in [0, 0.05) is 5.56 Å². The summed E-state index contributed by atoms with van der Waals surface area (Å²) >= 11 is 0. The highest BCUT2D eigenvalue weighted by Crippen LogP contribution is 2.33. The summed E-state index contributed by atoms with van der Waals surface area (Å²) in [4.78, 5) is 3.56. The van der Waals surface area contributed by atoms with Crippen LogP contribution in [0.2, 0.25) is 0 Å². The molecule has 0 spiro atoms. The van der Waals surface area contributed by atoms with Gasteiger partial charge in [-0.15, -0.1) is 0 Å². The molecule has 0 amide bonds. The molecule has 0 radical (unpaired) electrons. The number of alkyl halides is 3. The van der Waals surface area contributed by atoms with Crippen molar-refractivity contribution in [3.63, 3.8) is 0 Å². The number of nitrogens with two attached hydrogens (primary N) is 1. The van der Waals surface area contributed by atoms with Crippen molar-refractivity contribution in [3.05, 3.63) is 35.8 Å². The van der Waals surface area contributed by atoms with E-state index in [0.717, 1.165) is 12.1 Å². The third-order valence-electron chi connectivity index (χ3n) is 2.08. The van der Waals surface area contributed by atoms with Crippen LogP contribution in [-0.2, 0) is 6.18 Å². The topological polar surface area (TPSA) is 52.0 Å². The van der Waals surface area contributed by atoms with Crippen LogP contribution in [0.15, 0.2) is 28.8 Å². The summed E-state index contributed by atoms with van der Waals surface area (Å²) in [6, 6.07) is 2.32. The SMILES string of the molecule is Nc1ncc(-c2ccc(C(F)(F)F)c(F)c2)o1. The van der Waals surface area contributed by atoms with Crippen molar-refractivity contribution in [2.45, 2.75) is 6.18 Å². The lowest BCUT2D eigenvalue weighted by molar-refractivity contribution is -0.139. The molecule has 17 heavy (non-hydrogen) atoms. The fourth-order valence-electron chi connectivity index (χ4n) is 1.32. The van der Waals surface area contributed by atoms with Gasteiger partial charge in [0.05, 0.1) is 11.8 Å². The molecule has 7 heteroatoms. The summed E-state index contributed by atoms with van der Waals surface area (Å²) < 4.78 is 55.0. The maximum absolute atomic E-state index is 13.2. The Morgan fingerprint density at radius 1 is 1.24 bits per heavy atom. The molecule has 0 unspecified atom stereocenters. The minimum Gasteiger partial charge on any atom is -0.424 e. The second-order valence-electron chi connectivity index (χ2n) is 3.26. The van der Waals surface area contributed by atoms with Gasteiger partial charge in [-0.3, -0.25) is 0 Å². The molecule has 1 aromatic heterocycles. The van der Waals surface area contributed by atoms with Crippen LogP contribution in [0.25, 0.3) is 11.3 Å². The molecule has 0 aliphatic heterocycles. The van der Waals surface area contributed by atoms with Gasteiger partial charge < -0.3 is 10.2 Å². The number of rotatable bonds is 1. The van der Waals surface area contributed by atoms with Crippen LogP contribution in [0.3, 0.4) is 0 Å². The summed E-state index contributed by atoms with van der Waals surface area (Å²) in [7, 11) is 0. The van der Waals surface area contributed by atoms with Crippen molar-refractivity contribution in [2.24, 2.45) is 0 Å². The van der Waals surface area contributed by atoms with E-state index in [1.54, 1.807) is 0 Å². The normalized spacial score (nSPS) is 11.8. The van der Waals surface area contributed by atoms with Gasteiger partial charge in [0.1, 0.15) is 5.82 Å². The van der Waals surface area contributed by atoms with Crippen molar-refractivity contribution >= 4 is 6.01 Å². The lowest BCUT2D eigenvalue weighted by atomic mass is 10.1. The lowest BCUT2D eigenvalue weighted by Crippen LogP contribution is -2.07. The number of aromatic nitrogens is 1. The molecule has 2 N–H and O–H groups in total. The molecule has 3 nitrogen and oxygen atoms in total. The monoisotopic (exact) mass is 246 g/mol. The second-order valence-corrected chi connectivity index (χ2v) is 3.26. The minimum atomic E-state index is -4.72. The van der Waals surface area contributed by atoms with E-state index >= 15 is 0 Å². The van der Waals surface area contributed by atoms with Gasteiger partial charge in [0.25, 0.3) is 6.01 Å². The Balaban J connectivity index is 2.44. The zero-order valence-electron chi connectivity index (χ0n) is 8.25. The highest BCUT2D eigenvalue weighted by Gasteiger charge is 2.34. The van der Waals surface area contributed by atoms with Crippen molar-refractivity contribution in [2.75, 3.05) is 5.73 Å². The highest BCUT2D eigenvalue weighted by atomic mass is 19.4. The van der Waals surface area contributed by atoms with Crippen LogP contribution < -0.4 is 5.73 Å². The van der Waals surface area contributed by atoms with E-state index in [-0.39, 0.29) is 17.3 Å². The predicted octanol–water partition coefficient (Wildman–Crippen LogP) is 3.08. The third-order valence-corrected chi connectivity index (χ3v) is 2.08. The van der Waals surface area contributed by atoms with Gasteiger partial charge in [-0.1, -0.05) is 6.07 Å². The first-order chi connectivity index (χ1) is 7.88. The first kappa shape index (κ1) is 11.4. The number of benzene rings is 1. The molecule has 2 aromatic rings. The Hall–Kier alpha value is -2.05. The Bertz CT molecular complexity index is 547.